The average Bonchev–Trinajstić information content (AvgIpc) is 2.84. The number of carbonyl (C=O) groups excluding carboxylic acids is 2. The normalized spacial score (nSPS) is 10.2. The number of oxazole rings is 1. The van der Waals surface area contributed by atoms with E-state index in [0.717, 1.165) is 5.76 Å². The van der Waals surface area contributed by atoms with Crippen LogP contribution in [0, 0.1) is 6.92 Å². The summed E-state index contributed by atoms with van der Waals surface area (Å²) in [6, 6.07) is 6.77. The minimum Gasteiger partial charge on any atom is -0.446 e. The van der Waals surface area contributed by atoms with Crippen LogP contribution in [-0.4, -0.2) is 23.3 Å². The van der Waals surface area contributed by atoms with Crippen LogP contribution in [0.1, 0.15) is 28.9 Å². The number of hydrogen-bond donors (Lipinski definition) is 2. The standard InChI is InChI=1S/C15H17N3O3/c1-10-9-17-14(21-10)6-7-16-15(20)12-4-3-5-13(8-12)18-11(2)19/h3-5,8-9H,6-7H2,1-2H3,(H,16,20)(H,18,19). The molecule has 0 aliphatic rings. The summed E-state index contributed by atoms with van der Waals surface area (Å²) < 4.78 is 5.32. The van der Waals surface area contributed by atoms with Crippen molar-refractivity contribution in [1.82, 2.24) is 10.3 Å². The second kappa shape index (κ2) is 6.69. The summed E-state index contributed by atoms with van der Waals surface area (Å²) >= 11 is 0. The summed E-state index contributed by atoms with van der Waals surface area (Å²) in [5.41, 5.74) is 1.09. The van der Waals surface area contributed by atoms with E-state index in [1.807, 2.05) is 6.92 Å². The summed E-state index contributed by atoms with van der Waals surface area (Å²) in [7, 11) is 0. The van der Waals surface area contributed by atoms with E-state index in [0.29, 0.717) is 30.1 Å². The van der Waals surface area contributed by atoms with Gasteiger partial charge in [0, 0.05) is 31.1 Å². The Morgan fingerprint density at radius 2 is 2.14 bits per heavy atom. The molecule has 0 atom stereocenters. The molecule has 0 fully saturated rings. The molecule has 1 aromatic carbocycles. The number of anilines is 1. The first kappa shape index (κ1) is 14.8. The van der Waals surface area contributed by atoms with Gasteiger partial charge in [0.15, 0.2) is 5.89 Å². The second-order valence-corrected chi connectivity index (χ2v) is 4.63. The average molecular weight is 287 g/mol. The van der Waals surface area contributed by atoms with Crippen LogP contribution in [-0.2, 0) is 11.2 Å². The molecule has 1 heterocycles. The Morgan fingerprint density at radius 1 is 1.33 bits per heavy atom. The quantitative estimate of drug-likeness (QED) is 0.879. The minimum atomic E-state index is -0.203. The van der Waals surface area contributed by atoms with Crippen LogP contribution >= 0.6 is 0 Å². The van der Waals surface area contributed by atoms with E-state index < -0.39 is 0 Å². The molecule has 110 valence electrons. The van der Waals surface area contributed by atoms with Crippen molar-refractivity contribution in [3.8, 4) is 0 Å². The van der Waals surface area contributed by atoms with Crippen LogP contribution < -0.4 is 10.6 Å². The highest BCUT2D eigenvalue weighted by atomic mass is 16.4. The molecule has 0 aliphatic carbocycles. The third-order valence-corrected chi connectivity index (χ3v) is 2.74. The highest BCUT2D eigenvalue weighted by molar-refractivity contribution is 5.96. The number of benzene rings is 1. The van der Waals surface area contributed by atoms with E-state index in [9.17, 15) is 9.59 Å². The largest absolute Gasteiger partial charge is 0.446 e. The number of hydrogen-bond acceptors (Lipinski definition) is 4. The number of amides is 2. The van der Waals surface area contributed by atoms with Crippen LogP contribution in [0.3, 0.4) is 0 Å². The van der Waals surface area contributed by atoms with E-state index in [2.05, 4.69) is 15.6 Å². The molecule has 0 saturated carbocycles. The Hall–Kier alpha value is -2.63. The molecule has 0 bridgehead atoms. The molecule has 2 N–H and O–H groups in total. The maximum absolute atomic E-state index is 12.0. The number of aryl methyl sites for hydroxylation is 1. The fourth-order valence-electron chi connectivity index (χ4n) is 1.84. The van der Waals surface area contributed by atoms with Crippen molar-refractivity contribution in [1.29, 1.82) is 0 Å². The highest BCUT2D eigenvalue weighted by Gasteiger charge is 2.07. The lowest BCUT2D eigenvalue weighted by Crippen LogP contribution is -2.25. The monoisotopic (exact) mass is 287 g/mol. The molecule has 21 heavy (non-hydrogen) atoms. The summed E-state index contributed by atoms with van der Waals surface area (Å²) in [6.45, 7) is 3.68. The van der Waals surface area contributed by atoms with Gasteiger partial charge in [0.05, 0.1) is 6.20 Å². The maximum Gasteiger partial charge on any atom is 0.251 e. The number of nitrogens with one attached hydrogen (secondary N) is 2. The van der Waals surface area contributed by atoms with Gasteiger partial charge in [-0.25, -0.2) is 4.98 Å². The van der Waals surface area contributed by atoms with Crippen molar-refractivity contribution in [2.24, 2.45) is 0 Å². The zero-order valence-corrected chi connectivity index (χ0v) is 12.0. The first-order chi connectivity index (χ1) is 10.0. The van der Waals surface area contributed by atoms with Crippen molar-refractivity contribution in [2.75, 3.05) is 11.9 Å². The van der Waals surface area contributed by atoms with Gasteiger partial charge in [-0.05, 0) is 25.1 Å². The van der Waals surface area contributed by atoms with Gasteiger partial charge < -0.3 is 15.1 Å². The molecule has 0 saturated heterocycles. The van der Waals surface area contributed by atoms with Crippen molar-refractivity contribution in [3.63, 3.8) is 0 Å². The third kappa shape index (κ3) is 4.45. The van der Waals surface area contributed by atoms with E-state index >= 15 is 0 Å². The fraction of sp³-hybridized carbons (Fsp3) is 0.267. The van der Waals surface area contributed by atoms with Gasteiger partial charge >= 0.3 is 0 Å². The molecule has 0 spiro atoms. The summed E-state index contributed by atoms with van der Waals surface area (Å²) in [4.78, 5) is 27.1. The number of aromatic nitrogens is 1. The molecule has 1 aromatic heterocycles. The topological polar surface area (TPSA) is 84.2 Å². The molecule has 2 aromatic rings. The van der Waals surface area contributed by atoms with E-state index in [4.69, 9.17) is 4.42 Å². The van der Waals surface area contributed by atoms with Crippen LogP contribution in [0.4, 0.5) is 5.69 Å². The number of rotatable bonds is 5. The van der Waals surface area contributed by atoms with Gasteiger partial charge in [0.25, 0.3) is 5.91 Å². The molecule has 0 aliphatic heterocycles. The van der Waals surface area contributed by atoms with E-state index in [1.165, 1.54) is 6.92 Å². The van der Waals surface area contributed by atoms with Gasteiger partial charge in [-0.15, -0.1) is 0 Å². The van der Waals surface area contributed by atoms with E-state index in [-0.39, 0.29) is 11.8 Å². The van der Waals surface area contributed by atoms with Gasteiger partial charge in [-0.2, -0.15) is 0 Å². The highest BCUT2D eigenvalue weighted by Crippen LogP contribution is 2.10. The predicted molar refractivity (Wildman–Crippen MR) is 78.0 cm³/mol. The Labute approximate surface area is 122 Å². The Kier molecular flexibility index (Phi) is 4.71. The molecular formula is C15H17N3O3. The van der Waals surface area contributed by atoms with Crippen molar-refractivity contribution >= 4 is 17.5 Å². The predicted octanol–water partition coefficient (Wildman–Crippen LogP) is 1.91. The van der Waals surface area contributed by atoms with Gasteiger partial charge in [-0.1, -0.05) is 6.07 Å². The first-order valence-corrected chi connectivity index (χ1v) is 6.62. The lowest BCUT2D eigenvalue weighted by Gasteiger charge is -2.06. The lowest BCUT2D eigenvalue weighted by atomic mass is 10.2. The van der Waals surface area contributed by atoms with Crippen LogP contribution in [0.5, 0.6) is 0 Å². The van der Waals surface area contributed by atoms with Crippen molar-refractivity contribution in [2.45, 2.75) is 20.3 Å². The molecule has 6 nitrogen and oxygen atoms in total. The summed E-state index contributed by atoms with van der Waals surface area (Å²) in [5, 5.41) is 5.43. The third-order valence-electron chi connectivity index (χ3n) is 2.74. The molecule has 6 heteroatoms. The molecule has 0 unspecified atom stereocenters. The second-order valence-electron chi connectivity index (χ2n) is 4.63. The maximum atomic E-state index is 12.0. The van der Waals surface area contributed by atoms with Crippen molar-refractivity contribution in [3.05, 3.63) is 47.7 Å². The zero-order valence-electron chi connectivity index (χ0n) is 12.0. The fourth-order valence-corrected chi connectivity index (χ4v) is 1.84. The smallest absolute Gasteiger partial charge is 0.251 e. The Morgan fingerprint density at radius 3 is 2.81 bits per heavy atom. The zero-order chi connectivity index (χ0) is 15.2. The molecule has 2 amide bonds. The van der Waals surface area contributed by atoms with Crippen LogP contribution in [0.2, 0.25) is 0 Å². The van der Waals surface area contributed by atoms with Crippen LogP contribution in [0.15, 0.2) is 34.9 Å². The van der Waals surface area contributed by atoms with Gasteiger partial charge in [0.2, 0.25) is 5.91 Å². The molecular weight excluding hydrogens is 270 g/mol. The molecule has 2 rings (SSSR count). The summed E-state index contributed by atoms with van der Waals surface area (Å²) in [6.07, 6.45) is 2.18. The minimum absolute atomic E-state index is 0.174. The van der Waals surface area contributed by atoms with Crippen LogP contribution in [0.25, 0.3) is 0 Å². The summed E-state index contributed by atoms with van der Waals surface area (Å²) in [5.74, 6) is 0.969. The Bertz CT molecular complexity index is 649. The first-order valence-electron chi connectivity index (χ1n) is 6.62. The van der Waals surface area contributed by atoms with E-state index in [1.54, 1.807) is 30.5 Å². The lowest BCUT2D eigenvalue weighted by molar-refractivity contribution is -0.114. The van der Waals surface area contributed by atoms with Crippen molar-refractivity contribution < 1.29 is 14.0 Å². The number of nitrogens with zero attached hydrogens (tertiary/aromatic N) is 1. The SMILES string of the molecule is CC(=O)Nc1cccc(C(=O)NCCc2ncc(C)o2)c1. The Balaban J connectivity index is 1.89. The van der Waals surface area contributed by atoms with Gasteiger partial charge in [-0.3, -0.25) is 9.59 Å². The number of carbonyl (C=O) groups is 2. The molecule has 0 radical (unpaired) electrons. The van der Waals surface area contributed by atoms with Gasteiger partial charge in [0.1, 0.15) is 5.76 Å².